The average Bonchev–Trinajstić information content (AvgIpc) is 3.02. The zero-order valence-electron chi connectivity index (χ0n) is 21.6. The predicted molar refractivity (Wildman–Crippen MR) is 138 cm³/mol. The fraction of sp³-hybridized carbons (Fsp3) is 0.652. The molecule has 1 aromatic carbocycles. The maximum absolute atomic E-state index is 13.4. The number of ether oxygens (including phenoxy) is 2. The Morgan fingerprint density at radius 3 is 2.46 bits per heavy atom. The van der Waals surface area contributed by atoms with Gasteiger partial charge in [0.15, 0.2) is 5.11 Å². The van der Waals surface area contributed by atoms with E-state index in [1.54, 1.807) is 34.6 Å². The first kappa shape index (κ1) is 28.7. The molecule has 1 aliphatic heterocycles. The first-order valence-electron chi connectivity index (χ1n) is 11.3. The Morgan fingerprint density at radius 2 is 1.89 bits per heavy atom. The van der Waals surface area contributed by atoms with Gasteiger partial charge in [-0.25, -0.2) is 8.42 Å². The molecule has 0 bridgehead atoms. The van der Waals surface area contributed by atoms with Crippen LogP contribution in [0.3, 0.4) is 0 Å². The molecule has 12 heteroatoms. The molecule has 35 heavy (non-hydrogen) atoms. The Morgan fingerprint density at radius 1 is 1.26 bits per heavy atom. The zero-order chi connectivity index (χ0) is 26.8. The molecule has 0 aromatic heterocycles. The Labute approximate surface area is 212 Å². The smallest absolute Gasteiger partial charge is 0.306 e. The van der Waals surface area contributed by atoms with E-state index in [0.29, 0.717) is 17.5 Å². The van der Waals surface area contributed by atoms with Crippen LogP contribution in [0, 0.1) is 20.8 Å². The number of thiocarbonyl (C=S) groups is 1. The lowest BCUT2D eigenvalue weighted by atomic mass is 9.94. The normalized spacial score (nSPS) is 15.3. The highest BCUT2D eigenvalue weighted by molar-refractivity contribution is 7.92. The molecular formula is C23H35N5O5S2. The molecule has 1 atom stereocenters. The van der Waals surface area contributed by atoms with Crippen molar-refractivity contribution in [2.75, 3.05) is 6.54 Å². The number of rotatable bonds is 8. The van der Waals surface area contributed by atoms with Crippen LogP contribution in [-0.2, 0) is 26.0 Å². The summed E-state index contributed by atoms with van der Waals surface area (Å²) >= 11 is 5.27. The average molecular weight is 526 g/mol. The fourth-order valence-electron chi connectivity index (χ4n) is 4.06. The van der Waals surface area contributed by atoms with Crippen molar-refractivity contribution in [2.24, 2.45) is 5.11 Å². The number of nitrogens with one attached hydrogen (secondary N) is 2. The van der Waals surface area contributed by atoms with Crippen LogP contribution in [0.5, 0.6) is 5.75 Å². The highest BCUT2D eigenvalue weighted by Crippen LogP contribution is 2.43. The highest BCUT2D eigenvalue weighted by Gasteiger charge is 2.36. The number of hydrogen-bond donors (Lipinski definition) is 2. The van der Waals surface area contributed by atoms with Gasteiger partial charge in [0.25, 0.3) is 10.0 Å². The molecule has 1 aliphatic rings. The SMILES string of the molecule is Cc1c(C)c(S(=O)(=O)NC(=S)N[C@@H](CCC(=O)OC(C)(C)C)CN=[N+]=[N-])c(C)c2c1OC(C)(C)C2. The predicted octanol–water partition coefficient (Wildman–Crippen LogP) is 4.28. The van der Waals surface area contributed by atoms with E-state index in [1.807, 2.05) is 20.8 Å². The molecule has 10 nitrogen and oxygen atoms in total. The van der Waals surface area contributed by atoms with Crippen LogP contribution in [0.4, 0.5) is 0 Å². The van der Waals surface area contributed by atoms with E-state index in [1.165, 1.54) is 0 Å². The summed E-state index contributed by atoms with van der Waals surface area (Å²) in [5.74, 6) is 0.322. The van der Waals surface area contributed by atoms with Gasteiger partial charge in [0, 0.05) is 35.9 Å². The topological polar surface area (TPSA) is 142 Å². The lowest BCUT2D eigenvalue weighted by Crippen LogP contribution is -2.46. The van der Waals surface area contributed by atoms with Crippen molar-refractivity contribution in [3.8, 4) is 5.75 Å². The molecule has 0 spiro atoms. The second-order valence-corrected chi connectivity index (χ2v) is 12.4. The molecule has 1 heterocycles. The van der Waals surface area contributed by atoms with E-state index in [-0.39, 0.29) is 29.4 Å². The Kier molecular flexibility index (Phi) is 8.68. The molecule has 0 amide bonds. The molecular weight excluding hydrogens is 490 g/mol. The number of hydrogen-bond acceptors (Lipinski definition) is 7. The van der Waals surface area contributed by atoms with Gasteiger partial charge >= 0.3 is 5.97 Å². The van der Waals surface area contributed by atoms with Crippen molar-refractivity contribution in [3.63, 3.8) is 0 Å². The monoisotopic (exact) mass is 525 g/mol. The summed E-state index contributed by atoms with van der Waals surface area (Å²) < 4.78 is 40.6. The van der Waals surface area contributed by atoms with Gasteiger partial charge in [-0.1, -0.05) is 5.11 Å². The fourth-order valence-corrected chi connectivity index (χ4v) is 6.05. The summed E-state index contributed by atoms with van der Waals surface area (Å²) in [6, 6.07) is -0.563. The maximum atomic E-state index is 13.4. The third-order valence-electron chi connectivity index (χ3n) is 5.61. The van der Waals surface area contributed by atoms with Crippen molar-refractivity contribution in [2.45, 2.75) is 96.8 Å². The minimum Gasteiger partial charge on any atom is -0.487 e. The minimum absolute atomic E-state index is 0.0242. The van der Waals surface area contributed by atoms with Crippen LogP contribution < -0.4 is 14.8 Å². The molecule has 0 radical (unpaired) electrons. The summed E-state index contributed by atoms with van der Waals surface area (Å²) in [5.41, 5.74) is 10.5. The number of nitrogens with zero attached hydrogens (tertiary/aromatic N) is 3. The van der Waals surface area contributed by atoms with Crippen LogP contribution in [0.25, 0.3) is 10.4 Å². The summed E-state index contributed by atoms with van der Waals surface area (Å²) in [6.45, 7) is 14.6. The van der Waals surface area contributed by atoms with Gasteiger partial charge in [-0.05, 0) is 96.3 Å². The number of sulfonamides is 1. The van der Waals surface area contributed by atoms with E-state index in [9.17, 15) is 13.2 Å². The van der Waals surface area contributed by atoms with Crippen molar-refractivity contribution >= 4 is 33.3 Å². The van der Waals surface area contributed by atoms with Crippen LogP contribution in [0.1, 0.15) is 69.7 Å². The third kappa shape index (κ3) is 7.46. The van der Waals surface area contributed by atoms with Crippen LogP contribution in [-0.4, -0.2) is 43.3 Å². The lowest BCUT2D eigenvalue weighted by Gasteiger charge is -2.23. The number of azide groups is 1. The van der Waals surface area contributed by atoms with Crippen molar-refractivity contribution < 1.29 is 22.7 Å². The van der Waals surface area contributed by atoms with Gasteiger partial charge in [0.2, 0.25) is 0 Å². The Hall–Kier alpha value is -2.56. The molecule has 0 aliphatic carbocycles. The second-order valence-electron chi connectivity index (χ2n) is 10.4. The van der Waals surface area contributed by atoms with Crippen molar-refractivity contribution in [1.82, 2.24) is 10.0 Å². The lowest BCUT2D eigenvalue weighted by molar-refractivity contribution is -0.155. The van der Waals surface area contributed by atoms with Gasteiger partial charge in [-0.3, -0.25) is 9.52 Å². The maximum Gasteiger partial charge on any atom is 0.306 e. The summed E-state index contributed by atoms with van der Waals surface area (Å²) in [5, 5.41) is 6.25. The third-order valence-corrected chi connectivity index (χ3v) is 7.58. The summed E-state index contributed by atoms with van der Waals surface area (Å²) in [7, 11) is -4.03. The van der Waals surface area contributed by atoms with Crippen LogP contribution in [0.2, 0.25) is 0 Å². The van der Waals surface area contributed by atoms with Gasteiger partial charge < -0.3 is 14.8 Å². The van der Waals surface area contributed by atoms with Gasteiger partial charge in [-0.15, -0.1) is 0 Å². The van der Waals surface area contributed by atoms with E-state index in [2.05, 4.69) is 20.1 Å². The Bertz CT molecular complexity index is 1170. The van der Waals surface area contributed by atoms with Crippen molar-refractivity contribution in [1.29, 1.82) is 0 Å². The molecule has 2 rings (SSSR count). The second kappa shape index (κ2) is 10.6. The zero-order valence-corrected chi connectivity index (χ0v) is 23.2. The van der Waals surface area contributed by atoms with E-state index in [0.717, 1.165) is 16.9 Å². The minimum atomic E-state index is -4.03. The molecule has 0 saturated carbocycles. The summed E-state index contributed by atoms with van der Waals surface area (Å²) in [4.78, 5) is 15.0. The van der Waals surface area contributed by atoms with E-state index < -0.39 is 33.2 Å². The standard InChI is InChI=1S/C23H35N5O5S2/c1-13-14(2)20(15(3)17-11-23(7,8)33-19(13)17)35(30,31)27-21(34)26-16(12-25-28-24)9-10-18(29)32-22(4,5)6/h16H,9-12H2,1-8H3,(H2,26,27,34)/t16-/m0/s1. The van der Waals surface area contributed by atoms with Crippen LogP contribution in [0.15, 0.2) is 10.0 Å². The van der Waals surface area contributed by atoms with Gasteiger partial charge in [0.05, 0.1) is 4.90 Å². The number of fused-ring (bicyclic) bond motifs is 1. The van der Waals surface area contributed by atoms with E-state index >= 15 is 0 Å². The molecule has 0 saturated heterocycles. The van der Waals surface area contributed by atoms with Gasteiger partial charge in [-0.2, -0.15) is 0 Å². The number of esters is 1. The molecule has 1 aromatic rings. The number of benzene rings is 1. The first-order valence-corrected chi connectivity index (χ1v) is 13.2. The van der Waals surface area contributed by atoms with Crippen LogP contribution >= 0.6 is 12.2 Å². The van der Waals surface area contributed by atoms with Gasteiger partial charge in [0.1, 0.15) is 17.0 Å². The molecule has 194 valence electrons. The molecule has 0 fully saturated rings. The molecule has 2 N–H and O–H groups in total. The number of carbonyl (C=O) groups excluding carboxylic acids is 1. The summed E-state index contributed by atoms with van der Waals surface area (Å²) in [6.07, 6.45) is 0.876. The Balaban J connectivity index is 2.21. The van der Waals surface area contributed by atoms with E-state index in [4.69, 9.17) is 27.2 Å². The largest absolute Gasteiger partial charge is 0.487 e. The first-order chi connectivity index (χ1) is 16.0. The number of carbonyl (C=O) groups is 1. The van der Waals surface area contributed by atoms with Crippen molar-refractivity contribution in [3.05, 3.63) is 32.7 Å². The molecule has 0 unspecified atom stereocenters. The quantitative estimate of drug-likeness (QED) is 0.170. The highest BCUT2D eigenvalue weighted by atomic mass is 32.2.